The fourth-order valence-corrected chi connectivity index (χ4v) is 2.73. The number of benzene rings is 1. The van der Waals surface area contributed by atoms with Crippen molar-refractivity contribution in [1.82, 2.24) is 9.80 Å². The second-order valence-corrected chi connectivity index (χ2v) is 5.65. The standard InChI is InChI=1S/C15H23N3S/c1-2-17-7-9-18(10-8-17)12-14-6-4-3-5-13(14)11-15(16)19/h3-6H,2,7-12H2,1H3,(H2,16,19). The van der Waals surface area contributed by atoms with Crippen molar-refractivity contribution in [2.45, 2.75) is 19.9 Å². The minimum Gasteiger partial charge on any atom is -0.393 e. The van der Waals surface area contributed by atoms with Gasteiger partial charge in [0.1, 0.15) is 0 Å². The quantitative estimate of drug-likeness (QED) is 0.830. The van der Waals surface area contributed by atoms with E-state index in [1.54, 1.807) is 0 Å². The van der Waals surface area contributed by atoms with Crippen LogP contribution in [-0.4, -0.2) is 47.5 Å². The molecule has 1 aliphatic heterocycles. The van der Waals surface area contributed by atoms with Crippen molar-refractivity contribution in [3.63, 3.8) is 0 Å². The maximum Gasteiger partial charge on any atom is 0.0771 e. The van der Waals surface area contributed by atoms with Gasteiger partial charge in [0.25, 0.3) is 0 Å². The maximum absolute atomic E-state index is 5.67. The first-order valence-electron chi connectivity index (χ1n) is 6.99. The van der Waals surface area contributed by atoms with Crippen LogP contribution in [0, 0.1) is 0 Å². The largest absolute Gasteiger partial charge is 0.393 e. The Morgan fingerprint density at radius 3 is 2.26 bits per heavy atom. The van der Waals surface area contributed by atoms with Gasteiger partial charge in [-0.1, -0.05) is 43.4 Å². The number of piperazine rings is 1. The molecule has 0 unspecified atom stereocenters. The lowest BCUT2D eigenvalue weighted by atomic mass is 10.0. The number of likely N-dealkylation sites (N-methyl/N-ethyl adjacent to an activating group) is 1. The SMILES string of the molecule is CCN1CCN(Cc2ccccc2CC(N)=S)CC1. The highest BCUT2D eigenvalue weighted by Gasteiger charge is 2.16. The molecule has 4 heteroatoms. The third-order valence-corrected chi connectivity index (χ3v) is 3.93. The highest BCUT2D eigenvalue weighted by atomic mass is 32.1. The normalized spacial score (nSPS) is 17.5. The van der Waals surface area contributed by atoms with E-state index in [-0.39, 0.29) is 0 Å². The highest BCUT2D eigenvalue weighted by Crippen LogP contribution is 2.14. The molecule has 104 valence electrons. The molecule has 0 aliphatic carbocycles. The van der Waals surface area contributed by atoms with Crippen LogP contribution in [-0.2, 0) is 13.0 Å². The lowest BCUT2D eigenvalue weighted by molar-refractivity contribution is 0.131. The van der Waals surface area contributed by atoms with Crippen molar-refractivity contribution in [2.75, 3.05) is 32.7 Å². The Balaban J connectivity index is 1.97. The number of rotatable bonds is 5. The fraction of sp³-hybridized carbons (Fsp3) is 0.533. The molecule has 1 aromatic carbocycles. The van der Waals surface area contributed by atoms with Gasteiger partial charge in [-0.2, -0.15) is 0 Å². The van der Waals surface area contributed by atoms with Gasteiger partial charge < -0.3 is 10.6 Å². The maximum atomic E-state index is 5.67. The molecule has 19 heavy (non-hydrogen) atoms. The lowest BCUT2D eigenvalue weighted by Crippen LogP contribution is -2.45. The summed E-state index contributed by atoms with van der Waals surface area (Å²) in [6.45, 7) is 9.04. The van der Waals surface area contributed by atoms with Crippen LogP contribution in [0.4, 0.5) is 0 Å². The van der Waals surface area contributed by atoms with Gasteiger partial charge in [-0.25, -0.2) is 0 Å². The van der Waals surface area contributed by atoms with E-state index >= 15 is 0 Å². The van der Waals surface area contributed by atoms with Crippen molar-refractivity contribution in [3.05, 3.63) is 35.4 Å². The zero-order chi connectivity index (χ0) is 13.7. The van der Waals surface area contributed by atoms with Gasteiger partial charge in [0.05, 0.1) is 4.99 Å². The number of hydrogen-bond donors (Lipinski definition) is 1. The Labute approximate surface area is 121 Å². The number of nitrogens with two attached hydrogens (primary N) is 1. The molecule has 0 radical (unpaired) electrons. The van der Waals surface area contributed by atoms with E-state index in [1.165, 1.54) is 24.2 Å². The summed E-state index contributed by atoms with van der Waals surface area (Å²) >= 11 is 5.03. The summed E-state index contributed by atoms with van der Waals surface area (Å²) in [4.78, 5) is 5.59. The van der Waals surface area contributed by atoms with E-state index in [0.717, 1.165) is 26.2 Å². The Morgan fingerprint density at radius 1 is 1.11 bits per heavy atom. The molecule has 0 spiro atoms. The fourth-order valence-electron chi connectivity index (χ4n) is 2.58. The van der Waals surface area contributed by atoms with Crippen molar-refractivity contribution >= 4 is 17.2 Å². The highest BCUT2D eigenvalue weighted by molar-refractivity contribution is 7.80. The second-order valence-electron chi connectivity index (χ2n) is 5.12. The van der Waals surface area contributed by atoms with Crippen LogP contribution < -0.4 is 5.73 Å². The van der Waals surface area contributed by atoms with Crippen LogP contribution in [0.3, 0.4) is 0 Å². The molecule has 1 aromatic rings. The van der Waals surface area contributed by atoms with Crippen molar-refractivity contribution in [3.8, 4) is 0 Å². The van der Waals surface area contributed by atoms with Crippen LogP contribution >= 0.6 is 12.2 Å². The zero-order valence-corrected chi connectivity index (χ0v) is 12.5. The minimum absolute atomic E-state index is 0.572. The van der Waals surface area contributed by atoms with Gasteiger partial charge in [-0.05, 0) is 17.7 Å². The molecule has 1 heterocycles. The van der Waals surface area contributed by atoms with E-state index in [4.69, 9.17) is 18.0 Å². The zero-order valence-electron chi connectivity index (χ0n) is 11.6. The van der Waals surface area contributed by atoms with Gasteiger partial charge in [-0.3, -0.25) is 4.90 Å². The van der Waals surface area contributed by atoms with Crippen LogP contribution in [0.5, 0.6) is 0 Å². The smallest absolute Gasteiger partial charge is 0.0771 e. The third-order valence-electron chi connectivity index (χ3n) is 3.79. The Bertz CT molecular complexity index is 425. The van der Waals surface area contributed by atoms with Gasteiger partial charge in [0.2, 0.25) is 0 Å². The Morgan fingerprint density at radius 2 is 1.68 bits per heavy atom. The molecular formula is C15H23N3S. The second kappa shape index (κ2) is 6.98. The Hall–Kier alpha value is -0.970. The molecule has 0 atom stereocenters. The molecule has 1 aliphatic rings. The summed E-state index contributed by atoms with van der Waals surface area (Å²) in [5, 5.41) is 0. The van der Waals surface area contributed by atoms with Crippen LogP contribution in [0.1, 0.15) is 18.1 Å². The van der Waals surface area contributed by atoms with E-state index < -0.39 is 0 Å². The Kier molecular flexibility index (Phi) is 5.31. The first kappa shape index (κ1) is 14.4. The van der Waals surface area contributed by atoms with Gasteiger partial charge in [0.15, 0.2) is 0 Å². The molecular weight excluding hydrogens is 254 g/mol. The number of hydrogen-bond acceptors (Lipinski definition) is 3. The topological polar surface area (TPSA) is 32.5 Å². The molecule has 2 rings (SSSR count). The van der Waals surface area contributed by atoms with E-state index in [9.17, 15) is 0 Å². The average molecular weight is 277 g/mol. The van der Waals surface area contributed by atoms with E-state index in [2.05, 4.69) is 41.0 Å². The molecule has 0 aromatic heterocycles. The molecule has 1 fully saturated rings. The summed E-state index contributed by atoms with van der Waals surface area (Å²) < 4.78 is 0. The van der Waals surface area contributed by atoms with Crippen LogP contribution in [0.2, 0.25) is 0 Å². The molecule has 2 N–H and O–H groups in total. The molecule has 0 amide bonds. The van der Waals surface area contributed by atoms with Crippen LogP contribution in [0.15, 0.2) is 24.3 Å². The summed E-state index contributed by atoms with van der Waals surface area (Å²) in [6, 6.07) is 8.49. The molecule has 0 saturated carbocycles. The van der Waals surface area contributed by atoms with Gasteiger partial charge in [0, 0.05) is 39.1 Å². The van der Waals surface area contributed by atoms with E-state index in [1.807, 2.05) is 0 Å². The van der Waals surface area contributed by atoms with Crippen molar-refractivity contribution in [1.29, 1.82) is 0 Å². The first-order chi connectivity index (χ1) is 9.19. The lowest BCUT2D eigenvalue weighted by Gasteiger charge is -2.34. The monoisotopic (exact) mass is 277 g/mol. The minimum atomic E-state index is 0.572. The van der Waals surface area contributed by atoms with Gasteiger partial charge in [-0.15, -0.1) is 0 Å². The number of thiocarbonyl (C=S) groups is 1. The first-order valence-corrected chi connectivity index (χ1v) is 7.39. The molecule has 0 bridgehead atoms. The predicted molar refractivity (Wildman–Crippen MR) is 84.3 cm³/mol. The van der Waals surface area contributed by atoms with Crippen LogP contribution in [0.25, 0.3) is 0 Å². The van der Waals surface area contributed by atoms with Crippen molar-refractivity contribution < 1.29 is 0 Å². The third kappa shape index (κ3) is 4.27. The molecule has 1 saturated heterocycles. The summed E-state index contributed by atoms with van der Waals surface area (Å²) in [6.07, 6.45) is 0.709. The average Bonchev–Trinajstić information content (AvgIpc) is 2.41. The summed E-state index contributed by atoms with van der Waals surface area (Å²) in [5.41, 5.74) is 8.31. The van der Waals surface area contributed by atoms with Crippen molar-refractivity contribution in [2.24, 2.45) is 5.73 Å². The molecule has 3 nitrogen and oxygen atoms in total. The summed E-state index contributed by atoms with van der Waals surface area (Å²) in [7, 11) is 0. The predicted octanol–water partition coefficient (Wildman–Crippen LogP) is 1.65. The summed E-state index contributed by atoms with van der Waals surface area (Å²) in [5.74, 6) is 0. The number of nitrogens with zero attached hydrogens (tertiary/aromatic N) is 2. The van der Waals surface area contributed by atoms with Gasteiger partial charge >= 0.3 is 0 Å². The van der Waals surface area contributed by atoms with E-state index in [0.29, 0.717) is 11.4 Å².